The minimum absolute atomic E-state index is 0.105. The molecule has 0 aliphatic heterocycles. The van der Waals surface area contributed by atoms with E-state index in [0.29, 0.717) is 17.8 Å². The van der Waals surface area contributed by atoms with E-state index in [1.54, 1.807) is 0 Å². The molecule has 0 amide bonds. The topological polar surface area (TPSA) is 17.8 Å². The maximum atomic E-state index is 13.5. The molecule has 0 aliphatic rings. The molecule has 2 rings (SSSR count). The molecule has 0 fully saturated rings. The number of hydrogen-bond acceptors (Lipinski definition) is 1. The number of alkyl halides is 4. The third-order valence-electron chi connectivity index (χ3n) is 2.30. The van der Waals surface area contributed by atoms with Crippen LogP contribution in [0.5, 0.6) is 0 Å². The quantitative estimate of drug-likeness (QED) is 0.604. The summed E-state index contributed by atoms with van der Waals surface area (Å²) in [5.74, 6) is -0.680. The molecule has 1 heterocycles. The van der Waals surface area contributed by atoms with Gasteiger partial charge in [0.1, 0.15) is 11.5 Å². The van der Waals surface area contributed by atoms with Crippen molar-refractivity contribution < 1.29 is 17.6 Å². The van der Waals surface area contributed by atoms with Crippen LogP contribution in [-0.2, 0) is 12.1 Å². The highest BCUT2D eigenvalue weighted by molar-refractivity contribution is 6.16. The summed E-state index contributed by atoms with van der Waals surface area (Å²) in [5, 5.41) is 3.86. The van der Waals surface area contributed by atoms with Gasteiger partial charge in [0.15, 0.2) is 0 Å². The molecule has 0 atom stereocenters. The normalized spacial score (nSPS) is 11.8. The van der Waals surface area contributed by atoms with Gasteiger partial charge in [-0.1, -0.05) is 0 Å². The van der Waals surface area contributed by atoms with E-state index in [2.05, 4.69) is 5.10 Å². The van der Waals surface area contributed by atoms with Crippen LogP contribution in [0.3, 0.4) is 0 Å². The zero-order chi connectivity index (χ0) is 13.3. The van der Waals surface area contributed by atoms with Crippen LogP contribution in [0.25, 0.3) is 5.69 Å². The molecule has 1 aromatic heterocycles. The number of hydrogen-bond donors (Lipinski definition) is 0. The van der Waals surface area contributed by atoms with E-state index < -0.39 is 17.6 Å². The first-order chi connectivity index (χ1) is 8.41. The van der Waals surface area contributed by atoms with Crippen LogP contribution in [0.1, 0.15) is 11.3 Å². The fraction of sp³-hybridized carbons (Fsp3) is 0.182. The lowest BCUT2D eigenvalue weighted by molar-refractivity contribution is -0.137. The first kappa shape index (κ1) is 12.9. The summed E-state index contributed by atoms with van der Waals surface area (Å²) >= 11 is 5.52. The fourth-order valence-electron chi connectivity index (χ4n) is 1.43. The van der Waals surface area contributed by atoms with E-state index in [-0.39, 0.29) is 11.6 Å². The second-order valence-corrected chi connectivity index (χ2v) is 3.82. The van der Waals surface area contributed by atoms with Gasteiger partial charge in [0.25, 0.3) is 0 Å². The second-order valence-electron chi connectivity index (χ2n) is 3.55. The lowest BCUT2D eigenvalue weighted by atomic mass is 10.2. The van der Waals surface area contributed by atoms with Crippen molar-refractivity contribution in [2.75, 3.05) is 0 Å². The van der Waals surface area contributed by atoms with Crippen molar-refractivity contribution in [1.82, 2.24) is 9.78 Å². The molecule has 0 radical (unpaired) electrons. The number of nitrogens with zero attached hydrogens (tertiary/aromatic N) is 2. The van der Waals surface area contributed by atoms with Gasteiger partial charge in [-0.3, -0.25) is 0 Å². The van der Waals surface area contributed by atoms with Crippen LogP contribution in [0.2, 0.25) is 0 Å². The Balaban J connectivity index is 2.49. The average molecular weight is 279 g/mol. The molecule has 0 N–H and O–H groups in total. The minimum atomic E-state index is -4.52. The lowest BCUT2D eigenvalue weighted by Gasteiger charge is -2.09. The first-order valence-corrected chi connectivity index (χ1v) is 5.43. The molecule has 0 aliphatic carbocycles. The van der Waals surface area contributed by atoms with Crippen molar-refractivity contribution in [3.63, 3.8) is 0 Å². The monoisotopic (exact) mass is 278 g/mol. The predicted octanol–water partition coefficient (Wildman–Crippen LogP) is 3.77. The highest BCUT2D eigenvalue weighted by atomic mass is 35.5. The van der Waals surface area contributed by atoms with Crippen molar-refractivity contribution in [3.05, 3.63) is 47.5 Å². The molecule has 0 saturated heterocycles. The Labute approximate surface area is 105 Å². The van der Waals surface area contributed by atoms with Crippen molar-refractivity contribution >= 4 is 11.6 Å². The van der Waals surface area contributed by atoms with Crippen LogP contribution in [0, 0.1) is 5.82 Å². The Morgan fingerprint density at radius 3 is 2.50 bits per heavy atom. The molecule has 2 aromatic rings. The van der Waals surface area contributed by atoms with Gasteiger partial charge in [0, 0.05) is 6.20 Å². The van der Waals surface area contributed by atoms with E-state index in [0.717, 1.165) is 10.7 Å². The SMILES string of the molecule is Fc1ccc(C(F)(F)F)cc1-n1ccc(CCl)n1. The molecule has 96 valence electrons. The standard InChI is InChI=1S/C11H7ClF4N2/c12-6-8-3-4-18(17-8)10-5-7(11(14,15)16)1-2-9(10)13/h1-5H,6H2. The minimum Gasteiger partial charge on any atom is -0.238 e. The fourth-order valence-corrected chi connectivity index (χ4v) is 1.57. The van der Waals surface area contributed by atoms with E-state index in [1.165, 1.54) is 12.3 Å². The van der Waals surface area contributed by atoms with Crippen LogP contribution < -0.4 is 0 Å². The van der Waals surface area contributed by atoms with E-state index in [4.69, 9.17) is 11.6 Å². The van der Waals surface area contributed by atoms with Gasteiger partial charge in [0.05, 0.1) is 17.1 Å². The molecule has 0 bridgehead atoms. The number of rotatable bonds is 2. The van der Waals surface area contributed by atoms with Crippen LogP contribution in [0.4, 0.5) is 17.6 Å². The van der Waals surface area contributed by atoms with Crippen molar-refractivity contribution in [1.29, 1.82) is 0 Å². The van der Waals surface area contributed by atoms with Crippen LogP contribution in [-0.4, -0.2) is 9.78 Å². The third kappa shape index (κ3) is 2.48. The highest BCUT2D eigenvalue weighted by Gasteiger charge is 2.31. The molecule has 2 nitrogen and oxygen atoms in total. The Morgan fingerprint density at radius 2 is 1.94 bits per heavy atom. The predicted molar refractivity (Wildman–Crippen MR) is 58.1 cm³/mol. The number of halogens is 5. The van der Waals surface area contributed by atoms with Crippen molar-refractivity contribution in [3.8, 4) is 5.69 Å². The van der Waals surface area contributed by atoms with Gasteiger partial charge in [-0.2, -0.15) is 18.3 Å². The Bertz CT molecular complexity index is 562. The maximum Gasteiger partial charge on any atom is 0.416 e. The average Bonchev–Trinajstić information content (AvgIpc) is 2.76. The summed E-state index contributed by atoms with van der Waals surface area (Å²) in [7, 11) is 0. The smallest absolute Gasteiger partial charge is 0.238 e. The molecule has 1 aromatic carbocycles. The maximum absolute atomic E-state index is 13.5. The second kappa shape index (κ2) is 4.61. The third-order valence-corrected chi connectivity index (χ3v) is 2.58. The summed E-state index contributed by atoms with van der Waals surface area (Å²) in [5.41, 5.74) is -0.739. The zero-order valence-corrected chi connectivity index (χ0v) is 9.63. The Morgan fingerprint density at radius 1 is 1.22 bits per heavy atom. The highest BCUT2D eigenvalue weighted by Crippen LogP contribution is 2.31. The Hall–Kier alpha value is -1.56. The van der Waals surface area contributed by atoms with Crippen LogP contribution >= 0.6 is 11.6 Å². The van der Waals surface area contributed by atoms with Gasteiger partial charge in [-0.15, -0.1) is 11.6 Å². The molecule has 0 saturated carbocycles. The summed E-state index contributed by atoms with van der Waals surface area (Å²) in [6, 6.07) is 3.66. The van der Waals surface area contributed by atoms with Crippen molar-refractivity contribution in [2.45, 2.75) is 12.1 Å². The van der Waals surface area contributed by atoms with E-state index in [9.17, 15) is 17.6 Å². The van der Waals surface area contributed by atoms with Gasteiger partial charge in [-0.05, 0) is 24.3 Å². The largest absolute Gasteiger partial charge is 0.416 e. The van der Waals surface area contributed by atoms with E-state index in [1.807, 2.05) is 0 Å². The Kier molecular flexibility index (Phi) is 3.30. The zero-order valence-electron chi connectivity index (χ0n) is 8.88. The van der Waals surface area contributed by atoms with Crippen LogP contribution in [0.15, 0.2) is 30.5 Å². The molecule has 18 heavy (non-hydrogen) atoms. The molecular formula is C11H7ClF4N2. The molecule has 0 spiro atoms. The molecule has 0 unspecified atom stereocenters. The number of benzene rings is 1. The van der Waals surface area contributed by atoms with Gasteiger partial charge in [0.2, 0.25) is 0 Å². The summed E-state index contributed by atoms with van der Waals surface area (Å²) in [4.78, 5) is 0. The van der Waals surface area contributed by atoms with Gasteiger partial charge in [-0.25, -0.2) is 9.07 Å². The van der Waals surface area contributed by atoms with Gasteiger partial charge >= 0.3 is 6.18 Å². The molecular weight excluding hydrogens is 272 g/mol. The summed E-state index contributed by atoms with van der Waals surface area (Å²) in [6.45, 7) is 0. The van der Waals surface area contributed by atoms with Gasteiger partial charge < -0.3 is 0 Å². The van der Waals surface area contributed by atoms with E-state index >= 15 is 0 Å². The summed E-state index contributed by atoms with van der Waals surface area (Å²) < 4.78 is 52.1. The lowest BCUT2D eigenvalue weighted by Crippen LogP contribution is -2.08. The summed E-state index contributed by atoms with van der Waals surface area (Å²) in [6.07, 6.45) is -3.17. The first-order valence-electron chi connectivity index (χ1n) is 4.89. The number of aromatic nitrogens is 2. The van der Waals surface area contributed by atoms with Crippen molar-refractivity contribution in [2.24, 2.45) is 0 Å². The molecule has 7 heteroatoms.